The number of benzene rings is 1. The van der Waals surface area contributed by atoms with Crippen molar-refractivity contribution in [3.8, 4) is 11.5 Å². The predicted molar refractivity (Wildman–Crippen MR) is 78.5 cm³/mol. The fourth-order valence-corrected chi connectivity index (χ4v) is 2.65. The number of nitrogens with zero attached hydrogens (tertiary/aromatic N) is 1. The average molecular weight is 264 g/mol. The van der Waals surface area contributed by atoms with Crippen LogP contribution in [0.4, 0.5) is 5.69 Å². The van der Waals surface area contributed by atoms with E-state index in [1.54, 1.807) is 14.2 Å². The molecular formula is C15H24N2O2. The number of nitrogens with one attached hydrogen (secondary N) is 1. The van der Waals surface area contributed by atoms with Gasteiger partial charge < -0.3 is 19.7 Å². The van der Waals surface area contributed by atoms with Crippen molar-refractivity contribution in [2.75, 3.05) is 38.8 Å². The second-order valence-electron chi connectivity index (χ2n) is 5.22. The maximum Gasteiger partial charge on any atom is 0.142 e. The molecule has 1 unspecified atom stereocenters. The third-order valence-corrected chi connectivity index (χ3v) is 4.11. The molecule has 1 saturated heterocycles. The van der Waals surface area contributed by atoms with Crippen molar-refractivity contribution in [1.29, 1.82) is 0 Å². The van der Waals surface area contributed by atoms with Gasteiger partial charge in [0.2, 0.25) is 0 Å². The quantitative estimate of drug-likeness (QED) is 0.904. The van der Waals surface area contributed by atoms with E-state index >= 15 is 0 Å². The second-order valence-corrected chi connectivity index (χ2v) is 5.22. The minimum atomic E-state index is 0.109. The Morgan fingerprint density at radius 1 is 1.32 bits per heavy atom. The number of anilines is 1. The van der Waals surface area contributed by atoms with E-state index in [4.69, 9.17) is 9.47 Å². The van der Waals surface area contributed by atoms with E-state index in [-0.39, 0.29) is 5.54 Å². The van der Waals surface area contributed by atoms with Crippen molar-refractivity contribution >= 4 is 5.69 Å². The maximum atomic E-state index is 5.52. The molecule has 1 heterocycles. The minimum Gasteiger partial charge on any atom is -0.497 e. The molecule has 0 bridgehead atoms. The zero-order valence-electron chi connectivity index (χ0n) is 12.3. The molecule has 1 aliphatic heterocycles. The molecule has 1 N–H and O–H groups in total. The number of methoxy groups -OCH3 is 2. The van der Waals surface area contributed by atoms with Crippen LogP contribution in [-0.4, -0.2) is 39.4 Å². The van der Waals surface area contributed by atoms with E-state index < -0.39 is 0 Å². The Morgan fingerprint density at radius 3 is 2.74 bits per heavy atom. The lowest BCUT2D eigenvalue weighted by atomic mass is 9.93. The SMILES string of the molecule is CCC1(C)CNCCN1c1cc(OC)ccc1OC. The molecule has 0 aromatic heterocycles. The van der Waals surface area contributed by atoms with Gasteiger partial charge in [-0.15, -0.1) is 0 Å². The molecule has 1 aliphatic rings. The van der Waals surface area contributed by atoms with Gasteiger partial charge in [-0.2, -0.15) is 0 Å². The summed E-state index contributed by atoms with van der Waals surface area (Å²) < 4.78 is 10.9. The molecule has 106 valence electrons. The molecule has 0 amide bonds. The van der Waals surface area contributed by atoms with Gasteiger partial charge in [0.05, 0.1) is 19.9 Å². The van der Waals surface area contributed by atoms with E-state index in [0.717, 1.165) is 43.2 Å². The summed E-state index contributed by atoms with van der Waals surface area (Å²) in [5.74, 6) is 1.77. The van der Waals surface area contributed by atoms with E-state index in [2.05, 4.69) is 30.1 Å². The third-order valence-electron chi connectivity index (χ3n) is 4.11. The molecule has 1 aromatic rings. The minimum absolute atomic E-state index is 0.109. The van der Waals surface area contributed by atoms with Crippen molar-refractivity contribution < 1.29 is 9.47 Å². The Kier molecular flexibility index (Phi) is 4.20. The summed E-state index contributed by atoms with van der Waals surface area (Å²) in [5.41, 5.74) is 1.23. The molecule has 1 fully saturated rings. The van der Waals surface area contributed by atoms with Crippen LogP contribution in [0.25, 0.3) is 0 Å². The molecule has 0 aliphatic carbocycles. The first-order chi connectivity index (χ1) is 9.14. The number of hydrogen-bond acceptors (Lipinski definition) is 4. The fraction of sp³-hybridized carbons (Fsp3) is 0.600. The topological polar surface area (TPSA) is 33.7 Å². The van der Waals surface area contributed by atoms with E-state index in [1.165, 1.54) is 0 Å². The molecule has 4 nitrogen and oxygen atoms in total. The Labute approximate surface area is 115 Å². The van der Waals surface area contributed by atoms with Crippen LogP contribution in [0.5, 0.6) is 11.5 Å². The van der Waals surface area contributed by atoms with Crippen molar-refractivity contribution in [3.63, 3.8) is 0 Å². The standard InChI is InChI=1S/C15H24N2O2/c1-5-15(2)11-16-8-9-17(15)13-10-12(18-3)6-7-14(13)19-4/h6-7,10,16H,5,8-9,11H2,1-4H3. The van der Waals surface area contributed by atoms with E-state index in [9.17, 15) is 0 Å². The summed E-state index contributed by atoms with van der Waals surface area (Å²) in [6.07, 6.45) is 1.08. The molecule has 0 spiro atoms. The average Bonchev–Trinajstić information content (AvgIpc) is 2.47. The summed E-state index contributed by atoms with van der Waals surface area (Å²) in [5, 5.41) is 3.48. The zero-order valence-corrected chi connectivity index (χ0v) is 12.3. The number of piperazine rings is 1. The van der Waals surface area contributed by atoms with Crippen molar-refractivity contribution in [3.05, 3.63) is 18.2 Å². The highest BCUT2D eigenvalue weighted by Crippen LogP contribution is 2.37. The van der Waals surface area contributed by atoms with Crippen LogP contribution >= 0.6 is 0 Å². The first kappa shape index (κ1) is 14.0. The maximum absolute atomic E-state index is 5.52. The van der Waals surface area contributed by atoms with E-state index in [1.807, 2.05) is 12.1 Å². The molecule has 2 rings (SSSR count). The monoisotopic (exact) mass is 264 g/mol. The van der Waals surface area contributed by atoms with Gasteiger partial charge >= 0.3 is 0 Å². The summed E-state index contributed by atoms with van der Waals surface area (Å²) in [6.45, 7) is 7.48. The van der Waals surface area contributed by atoms with Gasteiger partial charge in [0, 0.05) is 31.2 Å². The lowest BCUT2D eigenvalue weighted by Crippen LogP contribution is -2.59. The van der Waals surface area contributed by atoms with Crippen molar-refractivity contribution in [1.82, 2.24) is 5.32 Å². The smallest absolute Gasteiger partial charge is 0.142 e. The highest BCUT2D eigenvalue weighted by molar-refractivity contribution is 5.63. The lowest BCUT2D eigenvalue weighted by molar-refractivity contribution is 0.334. The van der Waals surface area contributed by atoms with Gasteiger partial charge in [0.25, 0.3) is 0 Å². The van der Waals surface area contributed by atoms with Gasteiger partial charge in [-0.05, 0) is 25.5 Å². The molecule has 4 heteroatoms. The Balaban J connectivity index is 2.42. The van der Waals surface area contributed by atoms with Crippen LogP contribution < -0.4 is 19.7 Å². The van der Waals surface area contributed by atoms with Crippen molar-refractivity contribution in [2.45, 2.75) is 25.8 Å². The highest BCUT2D eigenvalue weighted by Gasteiger charge is 2.34. The molecule has 19 heavy (non-hydrogen) atoms. The first-order valence-electron chi connectivity index (χ1n) is 6.85. The molecular weight excluding hydrogens is 240 g/mol. The first-order valence-corrected chi connectivity index (χ1v) is 6.85. The Hall–Kier alpha value is -1.42. The van der Waals surface area contributed by atoms with Crippen LogP contribution in [0, 0.1) is 0 Å². The number of hydrogen-bond donors (Lipinski definition) is 1. The van der Waals surface area contributed by atoms with Crippen LogP contribution in [-0.2, 0) is 0 Å². The fourth-order valence-electron chi connectivity index (χ4n) is 2.65. The van der Waals surface area contributed by atoms with Gasteiger partial charge in [-0.25, -0.2) is 0 Å². The largest absolute Gasteiger partial charge is 0.497 e. The third kappa shape index (κ3) is 2.63. The van der Waals surface area contributed by atoms with Gasteiger partial charge in [0.1, 0.15) is 11.5 Å². The molecule has 0 radical (unpaired) electrons. The van der Waals surface area contributed by atoms with Crippen molar-refractivity contribution in [2.24, 2.45) is 0 Å². The van der Waals surface area contributed by atoms with E-state index in [0.29, 0.717) is 0 Å². The molecule has 0 saturated carbocycles. The number of rotatable bonds is 4. The lowest BCUT2D eigenvalue weighted by Gasteiger charge is -2.46. The summed E-state index contributed by atoms with van der Waals surface area (Å²) in [4.78, 5) is 2.44. The zero-order chi connectivity index (χ0) is 13.9. The summed E-state index contributed by atoms with van der Waals surface area (Å²) in [6, 6.07) is 5.98. The highest BCUT2D eigenvalue weighted by atomic mass is 16.5. The van der Waals surface area contributed by atoms with Crippen LogP contribution in [0.1, 0.15) is 20.3 Å². The van der Waals surface area contributed by atoms with Crippen LogP contribution in [0.2, 0.25) is 0 Å². The summed E-state index contributed by atoms with van der Waals surface area (Å²) >= 11 is 0. The van der Waals surface area contributed by atoms with Gasteiger partial charge in [-0.3, -0.25) is 0 Å². The van der Waals surface area contributed by atoms with Crippen LogP contribution in [0.15, 0.2) is 18.2 Å². The summed E-state index contributed by atoms with van der Waals surface area (Å²) in [7, 11) is 3.42. The number of ether oxygens (including phenoxy) is 2. The van der Waals surface area contributed by atoms with Gasteiger partial charge in [-0.1, -0.05) is 6.92 Å². The second kappa shape index (κ2) is 5.70. The molecule has 1 aromatic carbocycles. The molecule has 1 atom stereocenters. The predicted octanol–water partition coefficient (Wildman–Crippen LogP) is 2.28. The Bertz CT molecular complexity index is 436. The normalized spacial score (nSPS) is 23.3. The van der Waals surface area contributed by atoms with Crippen LogP contribution in [0.3, 0.4) is 0 Å². The van der Waals surface area contributed by atoms with Gasteiger partial charge in [0.15, 0.2) is 0 Å². The Morgan fingerprint density at radius 2 is 2.11 bits per heavy atom.